The number of ether oxygens (including phenoxy) is 2. The fraction of sp³-hybridized carbons (Fsp3) is 0.467. The Balaban J connectivity index is 2.16. The maximum atomic E-state index is 5.89. The molecule has 0 aliphatic carbocycles. The molecule has 0 saturated carbocycles. The molecule has 0 bridgehead atoms. The standard InChI is InChI=1S/C15H21NO3/c1-10(17-3)9-16-11(2)14-8-12-6-5-7-13(18-4)15(12)19-14/h5-8,10-11,16H,9H2,1-4H3. The first-order valence-corrected chi connectivity index (χ1v) is 6.48. The van der Waals surface area contributed by atoms with Gasteiger partial charge >= 0.3 is 0 Å². The number of benzene rings is 1. The third kappa shape index (κ3) is 3.08. The minimum absolute atomic E-state index is 0.134. The van der Waals surface area contributed by atoms with E-state index in [9.17, 15) is 0 Å². The van der Waals surface area contributed by atoms with Crippen LogP contribution in [-0.4, -0.2) is 26.9 Å². The molecule has 2 unspecified atom stereocenters. The summed E-state index contributed by atoms with van der Waals surface area (Å²) in [5, 5.41) is 4.45. The second kappa shape index (κ2) is 6.08. The van der Waals surface area contributed by atoms with E-state index in [1.165, 1.54) is 0 Å². The second-order valence-electron chi connectivity index (χ2n) is 4.70. The summed E-state index contributed by atoms with van der Waals surface area (Å²) in [7, 11) is 3.36. The summed E-state index contributed by atoms with van der Waals surface area (Å²) in [5.41, 5.74) is 0.799. The Morgan fingerprint density at radius 2 is 2.05 bits per heavy atom. The third-order valence-corrected chi connectivity index (χ3v) is 3.29. The monoisotopic (exact) mass is 263 g/mol. The zero-order valence-corrected chi connectivity index (χ0v) is 11.9. The molecular formula is C15H21NO3. The van der Waals surface area contributed by atoms with Gasteiger partial charge in [0.05, 0.1) is 19.3 Å². The van der Waals surface area contributed by atoms with Gasteiger partial charge in [-0.1, -0.05) is 12.1 Å². The minimum Gasteiger partial charge on any atom is -0.493 e. The topological polar surface area (TPSA) is 43.6 Å². The van der Waals surface area contributed by atoms with Crippen LogP contribution in [0.3, 0.4) is 0 Å². The van der Waals surface area contributed by atoms with Crippen molar-refractivity contribution in [2.45, 2.75) is 26.0 Å². The Labute approximate surface area is 113 Å². The van der Waals surface area contributed by atoms with Gasteiger partial charge in [-0.3, -0.25) is 0 Å². The summed E-state index contributed by atoms with van der Waals surface area (Å²) in [6.45, 7) is 4.89. The second-order valence-corrected chi connectivity index (χ2v) is 4.70. The van der Waals surface area contributed by atoms with Crippen molar-refractivity contribution in [3.05, 3.63) is 30.0 Å². The first-order chi connectivity index (χ1) is 9.15. The zero-order valence-electron chi connectivity index (χ0n) is 11.9. The average molecular weight is 263 g/mol. The highest BCUT2D eigenvalue weighted by Gasteiger charge is 2.14. The SMILES string of the molecule is COc1cccc2cc(C(C)NCC(C)OC)oc12. The average Bonchev–Trinajstić information content (AvgIpc) is 2.88. The Morgan fingerprint density at radius 1 is 1.26 bits per heavy atom. The minimum atomic E-state index is 0.134. The fourth-order valence-electron chi connectivity index (χ4n) is 1.96. The zero-order chi connectivity index (χ0) is 13.8. The highest BCUT2D eigenvalue weighted by molar-refractivity contribution is 5.83. The Morgan fingerprint density at radius 3 is 2.74 bits per heavy atom. The number of para-hydroxylation sites is 1. The maximum absolute atomic E-state index is 5.89. The fourth-order valence-corrected chi connectivity index (χ4v) is 1.96. The van der Waals surface area contributed by atoms with Gasteiger partial charge in [0.15, 0.2) is 11.3 Å². The summed E-state index contributed by atoms with van der Waals surface area (Å²) in [6, 6.07) is 8.07. The number of rotatable bonds is 6. The van der Waals surface area contributed by atoms with Crippen molar-refractivity contribution in [2.24, 2.45) is 0 Å². The molecule has 0 radical (unpaired) electrons. The molecule has 4 heteroatoms. The molecule has 1 heterocycles. The van der Waals surface area contributed by atoms with E-state index in [1.807, 2.05) is 31.2 Å². The van der Waals surface area contributed by atoms with E-state index < -0.39 is 0 Å². The largest absolute Gasteiger partial charge is 0.493 e. The summed E-state index contributed by atoms with van der Waals surface area (Å²) in [6.07, 6.45) is 0.182. The Kier molecular flexibility index (Phi) is 4.45. The van der Waals surface area contributed by atoms with Crippen LogP contribution in [-0.2, 0) is 4.74 Å². The lowest BCUT2D eigenvalue weighted by molar-refractivity contribution is 0.114. The van der Waals surface area contributed by atoms with Crippen LogP contribution in [0.2, 0.25) is 0 Å². The molecule has 0 amide bonds. The van der Waals surface area contributed by atoms with Crippen LogP contribution in [0.25, 0.3) is 11.0 Å². The van der Waals surface area contributed by atoms with Crippen LogP contribution < -0.4 is 10.1 Å². The third-order valence-electron chi connectivity index (χ3n) is 3.29. The summed E-state index contributed by atoms with van der Waals surface area (Å²) in [5.74, 6) is 1.67. The molecule has 0 fully saturated rings. The highest BCUT2D eigenvalue weighted by atomic mass is 16.5. The number of hydrogen-bond donors (Lipinski definition) is 1. The molecular weight excluding hydrogens is 242 g/mol. The Hall–Kier alpha value is -1.52. The van der Waals surface area contributed by atoms with Gasteiger partial charge in [0.1, 0.15) is 5.76 Å². The van der Waals surface area contributed by atoms with E-state index in [0.29, 0.717) is 0 Å². The molecule has 0 aliphatic rings. The quantitative estimate of drug-likeness (QED) is 0.869. The van der Waals surface area contributed by atoms with Crippen LogP contribution in [0.5, 0.6) is 5.75 Å². The van der Waals surface area contributed by atoms with Crippen molar-refractivity contribution in [1.82, 2.24) is 5.32 Å². The molecule has 0 aliphatic heterocycles. The maximum Gasteiger partial charge on any atom is 0.176 e. The van der Waals surface area contributed by atoms with Gasteiger partial charge in [0, 0.05) is 19.0 Å². The number of nitrogens with one attached hydrogen (secondary N) is 1. The Bertz CT molecular complexity index is 535. The van der Waals surface area contributed by atoms with Crippen LogP contribution >= 0.6 is 0 Å². The van der Waals surface area contributed by atoms with Gasteiger partial charge in [-0.25, -0.2) is 0 Å². The summed E-state index contributed by atoms with van der Waals surface area (Å²) < 4.78 is 16.4. The van der Waals surface area contributed by atoms with Crippen LogP contribution in [0.4, 0.5) is 0 Å². The smallest absolute Gasteiger partial charge is 0.176 e. The lowest BCUT2D eigenvalue weighted by Gasteiger charge is -2.14. The molecule has 2 aromatic rings. The van der Waals surface area contributed by atoms with Crippen LogP contribution in [0.15, 0.2) is 28.7 Å². The van der Waals surface area contributed by atoms with E-state index in [0.717, 1.165) is 29.0 Å². The molecule has 0 saturated heterocycles. The van der Waals surface area contributed by atoms with Crippen molar-refractivity contribution in [1.29, 1.82) is 0 Å². The van der Waals surface area contributed by atoms with Crippen molar-refractivity contribution in [2.75, 3.05) is 20.8 Å². The van der Waals surface area contributed by atoms with Gasteiger partial charge in [-0.15, -0.1) is 0 Å². The van der Waals surface area contributed by atoms with E-state index in [1.54, 1.807) is 14.2 Å². The highest BCUT2D eigenvalue weighted by Crippen LogP contribution is 2.30. The van der Waals surface area contributed by atoms with E-state index in [2.05, 4.69) is 12.2 Å². The molecule has 0 spiro atoms. The van der Waals surface area contributed by atoms with Crippen molar-refractivity contribution >= 4 is 11.0 Å². The van der Waals surface area contributed by atoms with Gasteiger partial charge in [0.25, 0.3) is 0 Å². The summed E-state index contributed by atoms with van der Waals surface area (Å²) >= 11 is 0. The molecule has 1 N–H and O–H groups in total. The predicted molar refractivity (Wildman–Crippen MR) is 75.7 cm³/mol. The number of furan rings is 1. The van der Waals surface area contributed by atoms with Crippen molar-refractivity contribution in [3.63, 3.8) is 0 Å². The van der Waals surface area contributed by atoms with Gasteiger partial charge in [0.2, 0.25) is 0 Å². The molecule has 19 heavy (non-hydrogen) atoms. The molecule has 2 rings (SSSR count). The van der Waals surface area contributed by atoms with Crippen LogP contribution in [0.1, 0.15) is 25.6 Å². The van der Waals surface area contributed by atoms with Gasteiger partial charge < -0.3 is 19.2 Å². The van der Waals surface area contributed by atoms with Crippen molar-refractivity contribution < 1.29 is 13.9 Å². The molecule has 2 atom stereocenters. The lowest BCUT2D eigenvalue weighted by Crippen LogP contribution is -2.28. The normalized spacial score (nSPS) is 14.5. The number of hydrogen-bond acceptors (Lipinski definition) is 4. The number of fused-ring (bicyclic) bond motifs is 1. The first kappa shape index (κ1) is 13.9. The van der Waals surface area contributed by atoms with E-state index in [4.69, 9.17) is 13.9 Å². The van der Waals surface area contributed by atoms with Gasteiger partial charge in [-0.05, 0) is 26.0 Å². The summed E-state index contributed by atoms with van der Waals surface area (Å²) in [4.78, 5) is 0. The molecule has 4 nitrogen and oxygen atoms in total. The first-order valence-electron chi connectivity index (χ1n) is 6.48. The van der Waals surface area contributed by atoms with Crippen LogP contribution in [0, 0.1) is 0 Å². The van der Waals surface area contributed by atoms with E-state index >= 15 is 0 Å². The van der Waals surface area contributed by atoms with Gasteiger partial charge in [-0.2, -0.15) is 0 Å². The molecule has 104 valence electrons. The lowest BCUT2D eigenvalue weighted by atomic mass is 10.2. The number of methoxy groups -OCH3 is 2. The molecule has 1 aromatic carbocycles. The van der Waals surface area contributed by atoms with Crippen molar-refractivity contribution in [3.8, 4) is 5.75 Å². The predicted octanol–water partition coefficient (Wildman–Crippen LogP) is 3.13. The van der Waals surface area contributed by atoms with E-state index in [-0.39, 0.29) is 12.1 Å². The molecule has 1 aromatic heterocycles.